The summed E-state index contributed by atoms with van der Waals surface area (Å²) in [6.45, 7) is 4.39. The Labute approximate surface area is 117 Å². The second-order valence-electron chi connectivity index (χ2n) is 4.60. The van der Waals surface area contributed by atoms with Crippen molar-refractivity contribution >= 4 is 15.9 Å². The predicted molar refractivity (Wildman–Crippen MR) is 76.0 cm³/mol. The van der Waals surface area contributed by atoms with Gasteiger partial charge in [0, 0.05) is 23.2 Å². The summed E-state index contributed by atoms with van der Waals surface area (Å²) >= 11 is 3.32. The molecule has 2 N–H and O–H groups in total. The van der Waals surface area contributed by atoms with Gasteiger partial charge in [-0.1, -0.05) is 22.9 Å². The van der Waals surface area contributed by atoms with Gasteiger partial charge in [-0.15, -0.1) is 0 Å². The maximum absolute atomic E-state index is 13.4. The number of hydrogen-bond donors (Lipinski definition) is 2. The molecular weight excluding hydrogens is 297 g/mol. The Morgan fingerprint density at radius 2 is 2.11 bits per heavy atom. The molecule has 102 valence electrons. The summed E-state index contributed by atoms with van der Waals surface area (Å²) in [5.41, 5.74) is 0.959. The van der Waals surface area contributed by atoms with E-state index in [4.69, 9.17) is 5.11 Å². The SMILES string of the molecule is CCC(NC(C)CCCO)c1cc(F)cc(Br)c1. The molecule has 0 aliphatic heterocycles. The number of rotatable bonds is 7. The third-order valence-corrected chi connectivity index (χ3v) is 3.43. The lowest BCUT2D eigenvalue weighted by atomic mass is 10.0. The van der Waals surface area contributed by atoms with Crippen LogP contribution in [0.2, 0.25) is 0 Å². The first kappa shape index (κ1) is 15.6. The highest BCUT2D eigenvalue weighted by Crippen LogP contribution is 2.23. The smallest absolute Gasteiger partial charge is 0.124 e. The minimum absolute atomic E-state index is 0.144. The molecule has 0 saturated heterocycles. The van der Waals surface area contributed by atoms with Crippen LogP contribution in [-0.4, -0.2) is 17.8 Å². The van der Waals surface area contributed by atoms with Crippen LogP contribution in [0.1, 0.15) is 44.7 Å². The van der Waals surface area contributed by atoms with Crippen molar-refractivity contribution in [2.45, 2.75) is 45.2 Å². The molecule has 18 heavy (non-hydrogen) atoms. The summed E-state index contributed by atoms with van der Waals surface area (Å²) in [4.78, 5) is 0. The Morgan fingerprint density at radius 1 is 1.39 bits per heavy atom. The molecule has 0 bridgehead atoms. The Bertz CT molecular complexity index is 353. The van der Waals surface area contributed by atoms with Crippen LogP contribution >= 0.6 is 15.9 Å². The Balaban J connectivity index is 2.70. The summed E-state index contributed by atoms with van der Waals surface area (Å²) < 4.78 is 14.1. The molecule has 0 spiro atoms. The normalized spacial score (nSPS) is 14.5. The lowest BCUT2D eigenvalue weighted by Crippen LogP contribution is -2.30. The fourth-order valence-electron chi connectivity index (χ4n) is 2.05. The second kappa shape index (κ2) is 7.87. The Hall–Kier alpha value is -0.450. The molecule has 0 fully saturated rings. The fourth-order valence-corrected chi connectivity index (χ4v) is 2.53. The fraction of sp³-hybridized carbons (Fsp3) is 0.571. The molecule has 0 aliphatic carbocycles. The topological polar surface area (TPSA) is 32.3 Å². The minimum atomic E-state index is -0.220. The van der Waals surface area contributed by atoms with E-state index < -0.39 is 0 Å². The van der Waals surface area contributed by atoms with Gasteiger partial charge in [0.05, 0.1) is 0 Å². The van der Waals surface area contributed by atoms with Crippen molar-refractivity contribution in [3.63, 3.8) is 0 Å². The van der Waals surface area contributed by atoms with Gasteiger partial charge in [0.2, 0.25) is 0 Å². The molecule has 2 nitrogen and oxygen atoms in total. The average molecular weight is 318 g/mol. The maximum atomic E-state index is 13.4. The molecule has 1 aromatic carbocycles. The quantitative estimate of drug-likeness (QED) is 0.802. The second-order valence-corrected chi connectivity index (χ2v) is 5.51. The molecule has 0 radical (unpaired) electrons. The highest BCUT2D eigenvalue weighted by molar-refractivity contribution is 9.10. The summed E-state index contributed by atoms with van der Waals surface area (Å²) in [5, 5.41) is 12.3. The zero-order valence-corrected chi connectivity index (χ0v) is 12.5. The minimum Gasteiger partial charge on any atom is -0.396 e. The van der Waals surface area contributed by atoms with Crippen molar-refractivity contribution < 1.29 is 9.50 Å². The van der Waals surface area contributed by atoms with E-state index in [2.05, 4.69) is 35.1 Å². The Kier molecular flexibility index (Phi) is 6.82. The van der Waals surface area contributed by atoms with Crippen molar-refractivity contribution in [1.82, 2.24) is 5.32 Å². The van der Waals surface area contributed by atoms with E-state index in [1.165, 1.54) is 6.07 Å². The third kappa shape index (κ3) is 5.04. The van der Waals surface area contributed by atoms with Gasteiger partial charge >= 0.3 is 0 Å². The van der Waals surface area contributed by atoms with Crippen LogP contribution in [0.3, 0.4) is 0 Å². The number of halogens is 2. The molecular formula is C14H21BrFNO. The van der Waals surface area contributed by atoms with Crippen molar-refractivity contribution in [3.05, 3.63) is 34.1 Å². The van der Waals surface area contributed by atoms with E-state index in [0.29, 0.717) is 6.04 Å². The molecule has 0 aromatic heterocycles. The van der Waals surface area contributed by atoms with Crippen molar-refractivity contribution in [2.75, 3.05) is 6.61 Å². The monoisotopic (exact) mass is 317 g/mol. The van der Waals surface area contributed by atoms with Crippen LogP contribution in [0.25, 0.3) is 0 Å². The van der Waals surface area contributed by atoms with Gasteiger partial charge in [-0.25, -0.2) is 4.39 Å². The van der Waals surface area contributed by atoms with Crippen LogP contribution in [0.15, 0.2) is 22.7 Å². The number of benzene rings is 1. The van der Waals surface area contributed by atoms with Gasteiger partial charge in [0.1, 0.15) is 5.82 Å². The van der Waals surface area contributed by atoms with E-state index in [-0.39, 0.29) is 18.5 Å². The number of aliphatic hydroxyl groups excluding tert-OH is 1. The number of hydrogen-bond acceptors (Lipinski definition) is 2. The number of aliphatic hydroxyl groups is 1. The van der Waals surface area contributed by atoms with Gasteiger partial charge in [0.25, 0.3) is 0 Å². The van der Waals surface area contributed by atoms with Gasteiger partial charge in [-0.2, -0.15) is 0 Å². The molecule has 0 saturated carbocycles. The standard InChI is InChI=1S/C14H21BrFNO/c1-3-14(17-10(2)5-4-6-18)11-7-12(15)9-13(16)8-11/h7-10,14,17-18H,3-6H2,1-2H3. The highest BCUT2D eigenvalue weighted by atomic mass is 79.9. The molecule has 2 unspecified atom stereocenters. The largest absolute Gasteiger partial charge is 0.396 e. The lowest BCUT2D eigenvalue weighted by molar-refractivity contribution is 0.273. The van der Waals surface area contributed by atoms with Gasteiger partial charge in [-0.05, 0) is 49.9 Å². The van der Waals surface area contributed by atoms with Crippen LogP contribution in [-0.2, 0) is 0 Å². The van der Waals surface area contributed by atoms with E-state index in [1.807, 2.05) is 6.07 Å². The molecule has 1 aromatic rings. The van der Waals surface area contributed by atoms with Gasteiger partial charge in [0.15, 0.2) is 0 Å². The van der Waals surface area contributed by atoms with Crippen molar-refractivity contribution in [3.8, 4) is 0 Å². The predicted octanol–water partition coefficient (Wildman–Crippen LogP) is 3.79. The van der Waals surface area contributed by atoms with Gasteiger partial charge < -0.3 is 10.4 Å². The van der Waals surface area contributed by atoms with Crippen molar-refractivity contribution in [1.29, 1.82) is 0 Å². The van der Waals surface area contributed by atoms with Crippen LogP contribution in [0.5, 0.6) is 0 Å². The Morgan fingerprint density at radius 3 is 2.67 bits per heavy atom. The number of nitrogens with one attached hydrogen (secondary N) is 1. The van der Waals surface area contributed by atoms with Crippen LogP contribution < -0.4 is 5.32 Å². The average Bonchev–Trinajstić information content (AvgIpc) is 2.32. The third-order valence-electron chi connectivity index (χ3n) is 2.98. The summed E-state index contributed by atoms with van der Waals surface area (Å²) in [5.74, 6) is -0.220. The zero-order valence-electron chi connectivity index (χ0n) is 10.9. The summed E-state index contributed by atoms with van der Waals surface area (Å²) in [6.07, 6.45) is 2.61. The zero-order chi connectivity index (χ0) is 13.5. The van der Waals surface area contributed by atoms with Crippen molar-refractivity contribution in [2.24, 2.45) is 0 Å². The van der Waals surface area contributed by atoms with E-state index in [1.54, 1.807) is 6.07 Å². The van der Waals surface area contributed by atoms with E-state index >= 15 is 0 Å². The first-order valence-electron chi connectivity index (χ1n) is 6.39. The van der Waals surface area contributed by atoms with Crippen LogP contribution in [0.4, 0.5) is 4.39 Å². The highest BCUT2D eigenvalue weighted by Gasteiger charge is 2.13. The molecule has 0 aliphatic rings. The van der Waals surface area contributed by atoms with E-state index in [0.717, 1.165) is 29.3 Å². The first-order valence-corrected chi connectivity index (χ1v) is 7.19. The molecule has 4 heteroatoms. The van der Waals surface area contributed by atoms with Gasteiger partial charge in [-0.3, -0.25) is 0 Å². The summed E-state index contributed by atoms with van der Waals surface area (Å²) in [6, 6.07) is 5.44. The van der Waals surface area contributed by atoms with E-state index in [9.17, 15) is 4.39 Å². The molecule has 2 atom stereocenters. The molecule has 1 rings (SSSR count). The maximum Gasteiger partial charge on any atom is 0.124 e. The molecule has 0 amide bonds. The molecule has 0 heterocycles. The van der Waals surface area contributed by atoms with Crippen LogP contribution in [0, 0.1) is 5.82 Å². The summed E-state index contributed by atoms with van der Waals surface area (Å²) in [7, 11) is 0. The lowest BCUT2D eigenvalue weighted by Gasteiger charge is -2.23. The first-order chi connectivity index (χ1) is 8.56.